The second-order valence-corrected chi connectivity index (χ2v) is 9.04. The molecule has 12 heteroatoms. The SMILES string of the molecule is CC1CCN(C(=O)CCc2nc(CN3CCN(C(=O)c4cccc([N+](=O)[O-])c4)CC3)no2)CC1.Cl. The minimum atomic E-state index is -0.502. The van der Waals surface area contributed by atoms with Gasteiger partial charge in [-0.05, 0) is 24.8 Å². The molecule has 0 aliphatic carbocycles. The molecule has 0 N–H and O–H groups in total. The zero-order valence-electron chi connectivity index (χ0n) is 19.8. The Balaban J connectivity index is 0.00000342. The number of hydrogen-bond donors (Lipinski definition) is 0. The van der Waals surface area contributed by atoms with Crippen LogP contribution in [0.25, 0.3) is 0 Å². The number of aromatic nitrogens is 2. The van der Waals surface area contributed by atoms with Gasteiger partial charge in [0.2, 0.25) is 11.8 Å². The number of piperazine rings is 1. The summed E-state index contributed by atoms with van der Waals surface area (Å²) in [6.07, 6.45) is 2.92. The first-order valence-electron chi connectivity index (χ1n) is 11.7. The Labute approximate surface area is 210 Å². The van der Waals surface area contributed by atoms with Crippen LogP contribution in [0, 0.1) is 16.0 Å². The van der Waals surface area contributed by atoms with E-state index in [0.29, 0.717) is 68.8 Å². The van der Waals surface area contributed by atoms with Crippen LogP contribution in [0.2, 0.25) is 0 Å². The van der Waals surface area contributed by atoms with E-state index in [1.54, 1.807) is 11.0 Å². The largest absolute Gasteiger partial charge is 0.343 e. The Kier molecular flexibility index (Phi) is 9.16. The molecule has 190 valence electrons. The average molecular weight is 507 g/mol. The predicted octanol–water partition coefficient (Wildman–Crippen LogP) is 2.55. The second-order valence-electron chi connectivity index (χ2n) is 9.04. The maximum absolute atomic E-state index is 12.7. The third kappa shape index (κ3) is 6.98. The molecule has 0 atom stereocenters. The van der Waals surface area contributed by atoms with Gasteiger partial charge in [0.15, 0.2) is 5.82 Å². The molecule has 0 radical (unpaired) electrons. The molecule has 0 bridgehead atoms. The maximum Gasteiger partial charge on any atom is 0.270 e. The molecule has 35 heavy (non-hydrogen) atoms. The summed E-state index contributed by atoms with van der Waals surface area (Å²) in [5.41, 5.74) is 0.226. The third-order valence-corrected chi connectivity index (χ3v) is 6.53. The first-order valence-corrected chi connectivity index (χ1v) is 11.7. The minimum absolute atomic E-state index is 0. The highest BCUT2D eigenvalue weighted by Crippen LogP contribution is 2.18. The van der Waals surface area contributed by atoms with Gasteiger partial charge in [-0.1, -0.05) is 18.1 Å². The molecular formula is C23H31ClN6O5. The fraction of sp³-hybridized carbons (Fsp3) is 0.565. The van der Waals surface area contributed by atoms with Crippen LogP contribution in [-0.2, 0) is 17.8 Å². The number of likely N-dealkylation sites (tertiary alicyclic amines) is 1. The number of rotatable bonds is 7. The van der Waals surface area contributed by atoms with Crippen LogP contribution >= 0.6 is 12.4 Å². The molecule has 2 amide bonds. The van der Waals surface area contributed by atoms with Crippen molar-refractivity contribution in [1.29, 1.82) is 0 Å². The smallest absolute Gasteiger partial charge is 0.270 e. The van der Waals surface area contributed by atoms with Gasteiger partial charge in [0, 0.05) is 69.8 Å². The molecule has 2 aliphatic heterocycles. The van der Waals surface area contributed by atoms with Crippen molar-refractivity contribution >= 4 is 29.9 Å². The quantitative estimate of drug-likeness (QED) is 0.414. The molecule has 0 spiro atoms. The van der Waals surface area contributed by atoms with Crippen molar-refractivity contribution in [3.05, 3.63) is 51.7 Å². The van der Waals surface area contributed by atoms with Gasteiger partial charge in [0.1, 0.15) is 0 Å². The fourth-order valence-corrected chi connectivity index (χ4v) is 4.33. The van der Waals surface area contributed by atoms with E-state index >= 15 is 0 Å². The van der Waals surface area contributed by atoms with Crippen molar-refractivity contribution in [3.63, 3.8) is 0 Å². The van der Waals surface area contributed by atoms with Gasteiger partial charge in [-0.25, -0.2) is 0 Å². The summed E-state index contributed by atoms with van der Waals surface area (Å²) in [5.74, 6) is 1.64. The maximum atomic E-state index is 12.7. The van der Waals surface area contributed by atoms with Crippen LogP contribution in [-0.4, -0.2) is 80.8 Å². The number of carbonyl (C=O) groups is 2. The van der Waals surface area contributed by atoms with Gasteiger partial charge in [-0.2, -0.15) is 4.98 Å². The van der Waals surface area contributed by atoms with E-state index in [1.165, 1.54) is 18.2 Å². The molecule has 3 heterocycles. The standard InChI is InChI=1S/C23H30N6O5.ClH/c1-17-7-9-27(10-8-17)22(30)6-5-21-24-20(25-34-21)16-26-11-13-28(14-12-26)23(31)18-3-2-4-19(15-18)29(32)33;/h2-4,15,17H,5-14,16H2,1H3;1H. The summed E-state index contributed by atoms with van der Waals surface area (Å²) < 4.78 is 5.33. The number of nitrogens with zero attached hydrogens (tertiary/aromatic N) is 6. The van der Waals surface area contributed by atoms with E-state index in [9.17, 15) is 19.7 Å². The summed E-state index contributed by atoms with van der Waals surface area (Å²) >= 11 is 0. The molecule has 2 saturated heterocycles. The third-order valence-electron chi connectivity index (χ3n) is 6.53. The lowest BCUT2D eigenvalue weighted by molar-refractivity contribution is -0.384. The molecule has 0 saturated carbocycles. The highest BCUT2D eigenvalue weighted by molar-refractivity contribution is 5.94. The van der Waals surface area contributed by atoms with Gasteiger partial charge in [-0.3, -0.25) is 24.6 Å². The van der Waals surface area contributed by atoms with Gasteiger partial charge in [-0.15, -0.1) is 12.4 Å². The van der Waals surface area contributed by atoms with Gasteiger partial charge < -0.3 is 14.3 Å². The number of benzene rings is 1. The normalized spacial score (nSPS) is 17.2. The Morgan fingerprint density at radius 2 is 1.83 bits per heavy atom. The van der Waals surface area contributed by atoms with Crippen LogP contribution < -0.4 is 0 Å². The molecule has 1 aromatic carbocycles. The number of nitro benzene ring substituents is 1. The highest BCUT2D eigenvalue weighted by atomic mass is 35.5. The highest BCUT2D eigenvalue weighted by Gasteiger charge is 2.25. The Morgan fingerprint density at radius 3 is 2.51 bits per heavy atom. The topological polar surface area (TPSA) is 126 Å². The van der Waals surface area contributed by atoms with Crippen LogP contribution in [0.1, 0.15) is 48.3 Å². The molecule has 4 rings (SSSR count). The van der Waals surface area contributed by atoms with Crippen molar-refractivity contribution in [2.75, 3.05) is 39.3 Å². The summed E-state index contributed by atoms with van der Waals surface area (Å²) in [5, 5.41) is 15.0. The van der Waals surface area contributed by atoms with E-state index in [-0.39, 0.29) is 29.9 Å². The van der Waals surface area contributed by atoms with Crippen LogP contribution in [0.5, 0.6) is 0 Å². The van der Waals surface area contributed by atoms with Gasteiger partial charge in [0.25, 0.3) is 11.6 Å². The summed E-state index contributed by atoms with van der Waals surface area (Å²) in [6, 6.07) is 5.80. The lowest BCUT2D eigenvalue weighted by Crippen LogP contribution is -2.48. The summed E-state index contributed by atoms with van der Waals surface area (Å²) in [7, 11) is 0. The minimum Gasteiger partial charge on any atom is -0.343 e. The summed E-state index contributed by atoms with van der Waals surface area (Å²) in [6.45, 7) is 6.66. The van der Waals surface area contributed by atoms with Gasteiger partial charge in [0.05, 0.1) is 11.5 Å². The van der Waals surface area contributed by atoms with Gasteiger partial charge >= 0.3 is 0 Å². The number of aryl methyl sites for hydroxylation is 1. The number of nitro groups is 1. The molecule has 2 aliphatic rings. The number of hydrogen-bond acceptors (Lipinski definition) is 8. The monoisotopic (exact) mass is 506 g/mol. The molecule has 2 fully saturated rings. The lowest BCUT2D eigenvalue weighted by Gasteiger charge is -2.34. The lowest BCUT2D eigenvalue weighted by atomic mass is 9.99. The molecule has 11 nitrogen and oxygen atoms in total. The van der Waals surface area contributed by atoms with Crippen LogP contribution in [0.15, 0.2) is 28.8 Å². The van der Waals surface area contributed by atoms with E-state index in [2.05, 4.69) is 22.0 Å². The van der Waals surface area contributed by atoms with Crippen LogP contribution in [0.4, 0.5) is 5.69 Å². The molecule has 2 aromatic rings. The van der Waals surface area contributed by atoms with E-state index in [1.807, 2.05) is 4.90 Å². The zero-order valence-corrected chi connectivity index (χ0v) is 20.6. The van der Waals surface area contributed by atoms with Crippen molar-refractivity contribution in [3.8, 4) is 0 Å². The number of carbonyl (C=O) groups excluding carboxylic acids is 2. The Morgan fingerprint density at radius 1 is 1.11 bits per heavy atom. The predicted molar refractivity (Wildman–Crippen MR) is 129 cm³/mol. The molecule has 1 aromatic heterocycles. The van der Waals surface area contributed by atoms with E-state index < -0.39 is 4.92 Å². The second kappa shape index (κ2) is 12.1. The number of non-ortho nitro benzene ring substituents is 1. The average Bonchev–Trinajstić information content (AvgIpc) is 3.30. The molecular weight excluding hydrogens is 476 g/mol. The van der Waals surface area contributed by atoms with Crippen molar-refractivity contribution < 1.29 is 19.0 Å². The first-order chi connectivity index (χ1) is 16.4. The fourth-order valence-electron chi connectivity index (χ4n) is 4.33. The van der Waals surface area contributed by atoms with E-state index in [4.69, 9.17) is 4.52 Å². The van der Waals surface area contributed by atoms with Crippen molar-refractivity contribution in [2.45, 2.75) is 39.2 Å². The summed E-state index contributed by atoms with van der Waals surface area (Å²) in [4.78, 5) is 45.8. The molecule has 0 unspecified atom stereocenters. The zero-order chi connectivity index (χ0) is 24.1. The Hall–Kier alpha value is -3.05. The number of amides is 2. The van der Waals surface area contributed by atoms with Crippen molar-refractivity contribution in [1.82, 2.24) is 24.8 Å². The number of halogens is 1. The number of piperidine rings is 1. The van der Waals surface area contributed by atoms with Crippen LogP contribution in [0.3, 0.4) is 0 Å². The van der Waals surface area contributed by atoms with E-state index in [0.717, 1.165) is 25.9 Å². The first kappa shape index (κ1) is 26.6. The Bertz CT molecular complexity index is 1030. The van der Waals surface area contributed by atoms with Crippen molar-refractivity contribution in [2.24, 2.45) is 5.92 Å².